The van der Waals surface area contributed by atoms with Gasteiger partial charge in [-0.3, -0.25) is 9.69 Å². The lowest BCUT2D eigenvalue weighted by Crippen LogP contribution is -2.36. The van der Waals surface area contributed by atoms with E-state index in [1.807, 2.05) is 18.3 Å². The zero-order valence-corrected chi connectivity index (χ0v) is 19.4. The predicted octanol–water partition coefficient (Wildman–Crippen LogP) is 2.85. The Hall–Kier alpha value is -3.56. The number of hydrogen-bond acceptors (Lipinski definition) is 6. The molecule has 0 atom stereocenters. The second-order valence-electron chi connectivity index (χ2n) is 8.58. The lowest BCUT2D eigenvalue weighted by Gasteiger charge is -2.30. The van der Waals surface area contributed by atoms with E-state index in [0.717, 1.165) is 49.4 Å². The van der Waals surface area contributed by atoms with Crippen LogP contribution in [0.3, 0.4) is 0 Å². The molecule has 1 saturated heterocycles. The average Bonchev–Trinajstić information content (AvgIpc) is 3.33. The van der Waals surface area contributed by atoms with Crippen molar-refractivity contribution in [3.8, 4) is 5.69 Å². The zero-order chi connectivity index (χ0) is 24.1. The van der Waals surface area contributed by atoms with Gasteiger partial charge in [-0.05, 0) is 48.7 Å². The van der Waals surface area contributed by atoms with Crippen molar-refractivity contribution in [1.82, 2.24) is 24.8 Å². The molecule has 34 heavy (non-hydrogen) atoms. The Morgan fingerprint density at radius 1 is 1.12 bits per heavy atom. The van der Waals surface area contributed by atoms with Gasteiger partial charge in [-0.2, -0.15) is 0 Å². The van der Waals surface area contributed by atoms with Crippen LogP contribution in [-0.4, -0.2) is 75.1 Å². The van der Waals surface area contributed by atoms with Crippen LogP contribution < -0.4 is 0 Å². The molecule has 0 bridgehead atoms. The first-order valence-corrected chi connectivity index (χ1v) is 11.3. The first kappa shape index (κ1) is 23.6. The highest BCUT2D eigenvalue weighted by molar-refractivity contribution is 5.94. The van der Waals surface area contributed by atoms with E-state index < -0.39 is 5.97 Å². The minimum absolute atomic E-state index is 0.134. The highest BCUT2D eigenvalue weighted by Gasteiger charge is 2.20. The van der Waals surface area contributed by atoms with Gasteiger partial charge in [0.05, 0.1) is 29.2 Å². The third-order valence-corrected chi connectivity index (χ3v) is 6.12. The molecule has 0 spiro atoms. The fraction of sp³-hybridized carbons (Fsp3) is 0.360. The summed E-state index contributed by atoms with van der Waals surface area (Å²) < 4.78 is 7.13. The van der Waals surface area contributed by atoms with Crippen molar-refractivity contribution in [1.29, 1.82) is 0 Å². The molecule has 0 radical (unpaired) electrons. The van der Waals surface area contributed by atoms with Crippen molar-refractivity contribution in [2.75, 3.05) is 27.2 Å². The normalized spacial score (nSPS) is 14.8. The number of ether oxygens (including phenoxy) is 1. The van der Waals surface area contributed by atoms with Crippen LogP contribution in [0.5, 0.6) is 0 Å². The fourth-order valence-electron chi connectivity index (χ4n) is 4.13. The van der Waals surface area contributed by atoms with Gasteiger partial charge in [0.1, 0.15) is 0 Å². The van der Waals surface area contributed by atoms with Crippen LogP contribution in [0.1, 0.15) is 44.8 Å². The van der Waals surface area contributed by atoms with Gasteiger partial charge >= 0.3 is 5.97 Å². The molecule has 0 saturated carbocycles. The molecule has 9 nitrogen and oxygen atoms in total. The molecule has 3 aromatic rings. The molecule has 2 aromatic carbocycles. The average molecular weight is 464 g/mol. The van der Waals surface area contributed by atoms with Crippen LogP contribution in [0, 0.1) is 0 Å². The van der Waals surface area contributed by atoms with Crippen molar-refractivity contribution < 1.29 is 19.4 Å². The van der Waals surface area contributed by atoms with Crippen molar-refractivity contribution in [3.63, 3.8) is 0 Å². The third-order valence-electron chi connectivity index (χ3n) is 6.12. The number of hydrogen-bond donors (Lipinski definition) is 1. The molecule has 1 amide bonds. The Balaban J connectivity index is 1.39. The van der Waals surface area contributed by atoms with Crippen molar-refractivity contribution in [2.45, 2.75) is 32.0 Å². The summed E-state index contributed by atoms with van der Waals surface area (Å²) in [6, 6.07) is 13.8. The van der Waals surface area contributed by atoms with Crippen molar-refractivity contribution in [3.05, 3.63) is 77.1 Å². The number of benzene rings is 2. The maximum atomic E-state index is 13.0. The number of methoxy groups -OCH3 is 1. The van der Waals surface area contributed by atoms with Gasteiger partial charge in [0.15, 0.2) is 0 Å². The highest BCUT2D eigenvalue weighted by Crippen LogP contribution is 2.17. The summed E-state index contributed by atoms with van der Waals surface area (Å²) in [4.78, 5) is 28.0. The lowest BCUT2D eigenvalue weighted by atomic mass is 10.1. The first-order chi connectivity index (χ1) is 16.4. The zero-order valence-electron chi connectivity index (χ0n) is 19.4. The maximum Gasteiger partial charge on any atom is 0.335 e. The van der Waals surface area contributed by atoms with Crippen LogP contribution >= 0.6 is 0 Å². The number of carbonyl (C=O) groups excluding carboxylic acids is 1. The predicted molar refractivity (Wildman–Crippen MR) is 126 cm³/mol. The van der Waals surface area contributed by atoms with E-state index in [1.54, 1.807) is 60.1 Å². The summed E-state index contributed by atoms with van der Waals surface area (Å²) in [5.74, 6) is -1.11. The van der Waals surface area contributed by atoms with Crippen LogP contribution in [0.15, 0.2) is 54.7 Å². The number of aromatic carboxylic acids is 1. The Bertz CT molecular complexity index is 1140. The molecule has 178 valence electrons. The van der Waals surface area contributed by atoms with Gasteiger partial charge in [-0.1, -0.05) is 23.4 Å². The monoisotopic (exact) mass is 463 g/mol. The summed E-state index contributed by atoms with van der Waals surface area (Å²) in [5.41, 5.74) is 3.27. The summed E-state index contributed by atoms with van der Waals surface area (Å²) in [5, 5.41) is 17.6. The molecule has 9 heteroatoms. The van der Waals surface area contributed by atoms with Gasteiger partial charge in [-0.15, -0.1) is 5.10 Å². The molecule has 1 fully saturated rings. The van der Waals surface area contributed by atoms with Crippen LogP contribution in [-0.2, 0) is 17.8 Å². The fourth-order valence-corrected chi connectivity index (χ4v) is 4.13. The molecule has 4 rings (SSSR count). The van der Waals surface area contributed by atoms with Crippen LogP contribution in [0.2, 0.25) is 0 Å². The minimum Gasteiger partial charge on any atom is -0.478 e. The van der Waals surface area contributed by atoms with Gasteiger partial charge < -0.3 is 14.7 Å². The second-order valence-corrected chi connectivity index (χ2v) is 8.58. The van der Waals surface area contributed by atoms with Gasteiger partial charge in [0.2, 0.25) is 0 Å². The van der Waals surface area contributed by atoms with E-state index in [4.69, 9.17) is 9.84 Å². The lowest BCUT2D eigenvalue weighted by molar-refractivity contribution is 0.0385. The maximum absolute atomic E-state index is 13.0. The van der Waals surface area contributed by atoms with Crippen molar-refractivity contribution in [2.24, 2.45) is 0 Å². The second kappa shape index (κ2) is 10.6. The standard InChI is InChI=1S/C25H29N5O4/c1-28(15-18-6-8-19(9-7-18)25(32)33)24(31)20-4-3-5-22(14-20)30-17-21(26-27-30)16-29-12-10-23(34-2)11-13-29/h3-9,14,17,23H,10-13,15-16H2,1-2H3,(H,32,33). The number of rotatable bonds is 8. The minimum atomic E-state index is -0.972. The first-order valence-electron chi connectivity index (χ1n) is 11.3. The summed E-state index contributed by atoms with van der Waals surface area (Å²) in [6.45, 7) is 3.05. The molecular weight excluding hydrogens is 434 g/mol. The van der Waals surface area contributed by atoms with E-state index in [1.165, 1.54) is 0 Å². The third kappa shape index (κ3) is 5.67. The number of carboxylic acids is 1. The Labute approximate surface area is 198 Å². The topological polar surface area (TPSA) is 101 Å². The largest absolute Gasteiger partial charge is 0.478 e. The number of amides is 1. The number of nitrogens with zero attached hydrogens (tertiary/aromatic N) is 5. The highest BCUT2D eigenvalue weighted by atomic mass is 16.5. The molecule has 1 N–H and O–H groups in total. The summed E-state index contributed by atoms with van der Waals surface area (Å²) >= 11 is 0. The summed E-state index contributed by atoms with van der Waals surface area (Å²) in [6.07, 6.45) is 4.28. The van der Waals surface area contributed by atoms with E-state index >= 15 is 0 Å². The molecule has 0 unspecified atom stereocenters. The van der Waals surface area contributed by atoms with Crippen LogP contribution in [0.25, 0.3) is 5.69 Å². The number of likely N-dealkylation sites (tertiary alicyclic amines) is 1. The molecular formula is C25H29N5O4. The Morgan fingerprint density at radius 3 is 2.53 bits per heavy atom. The number of piperidine rings is 1. The van der Waals surface area contributed by atoms with E-state index in [0.29, 0.717) is 18.2 Å². The quantitative estimate of drug-likeness (QED) is 0.548. The molecule has 2 heterocycles. The van der Waals surface area contributed by atoms with E-state index in [-0.39, 0.29) is 11.5 Å². The SMILES string of the molecule is COC1CCN(Cc2cn(-c3cccc(C(=O)N(C)Cc4ccc(C(=O)O)cc4)c3)nn2)CC1. The van der Waals surface area contributed by atoms with E-state index in [9.17, 15) is 9.59 Å². The smallest absolute Gasteiger partial charge is 0.335 e. The van der Waals surface area contributed by atoms with Gasteiger partial charge in [-0.25, -0.2) is 9.48 Å². The molecule has 1 aromatic heterocycles. The number of carbonyl (C=O) groups is 2. The number of carboxylic acid groups (broad SMARTS) is 1. The van der Waals surface area contributed by atoms with E-state index in [2.05, 4.69) is 15.2 Å². The summed E-state index contributed by atoms with van der Waals surface area (Å²) in [7, 11) is 3.49. The molecule has 1 aliphatic rings. The van der Waals surface area contributed by atoms with Crippen molar-refractivity contribution >= 4 is 11.9 Å². The molecule has 1 aliphatic heterocycles. The molecule has 0 aliphatic carbocycles. The van der Waals surface area contributed by atoms with Crippen LogP contribution in [0.4, 0.5) is 0 Å². The Kier molecular flexibility index (Phi) is 7.34. The Morgan fingerprint density at radius 2 is 1.85 bits per heavy atom. The van der Waals surface area contributed by atoms with Gasteiger partial charge in [0.25, 0.3) is 5.91 Å². The van der Waals surface area contributed by atoms with Gasteiger partial charge in [0, 0.05) is 45.9 Å². The number of aromatic nitrogens is 3.